The van der Waals surface area contributed by atoms with Crippen molar-refractivity contribution in [2.24, 2.45) is 7.05 Å². The number of halogens is 2. The number of hydrogen-bond donors (Lipinski definition) is 0. The fourth-order valence-corrected chi connectivity index (χ4v) is 2.34. The van der Waals surface area contributed by atoms with Gasteiger partial charge in [-0.15, -0.1) is 0 Å². The first-order chi connectivity index (χ1) is 9.92. The van der Waals surface area contributed by atoms with E-state index in [1.165, 1.54) is 18.1 Å². The first-order valence-electron chi connectivity index (χ1n) is 6.32. The summed E-state index contributed by atoms with van der Waals surface area (Å²) >= 11 is 5.87. The van der Waals surface area contributed by atoms with Gasteiger partial charge in [0.15, 0.2) is 11.6 Å². The minimum Gasteiger partial charge on any atom is -0.494 e. The van der Waals surface area contributed by atoms with Crippen LogP contribution in [0.3, 0.4) is 0 Å². The van der Waals surface area contributed by atoms with Crippen molar-refractivity contribution in [3.63, 3.8) is 0 Å². The van der Waals surface area contributed by atoms with Crippen LogP contribution in [0.1, 0.15) is 16.1 Å². The number of benzene rings is 1. The van der Waals surface area contributed by atoms with E-state index < -0.39 is 5.82 Å². The highest BCUT2D eigenvalue weighted by molar-refractivity contribution is 6.31. The lowest BCUT2D eigenvalue weighted by Gasteiger charge is -2.18. The molecule has 0 radical (unpaired) electrons. The van der Waals surface area contributed by atoms with E-state index in [0.29, 0.717) is 22.8 Å². The van der Waals surface area contributed by atoms with Crippen LogP contribution in [0, 0.1) is 5.82 Å². The number of methoxy groups -OCH3 is 1. The first-order valence-corrected chi connectivity index (χ1v) is 6.70. The molecule has 21 heavy (non-hydrogen) atoms. The van der Waals surface area contributed by atoms with Gasteiger partial charge in [-0.25, -0.2) is 4.39 Å². The Kier molecular flexibility index (Phi) is 4.53. The normalized spacial score (nSPS) is 10.5. The minimum absolute atomic E-state index is 0.180. The molecule has 6 heteroatoms. The number of amides is 1. The van der Waals surface area contributed by atoms with Gasteiger partial charge < -0.3 is 14.2 Å². The first kappa shape index (κ1) is 15.4. The fraction of sp³-hybridized carbons (Fsp3) is 0.267. The molecule has 112 valence electrons. The molecule has 0 unspecified atom stereocenters. The zero-order valence-electron chi connectivity index (χ0n) is 12.1. The lowest BCUT2D eigenvalue weighted by atomic mass is 10.2. The van der Waals surface area contributed by atoms with Gasteiger partial charge in [0.1, 0.15) is 5.69 Å². The Morgan fingerprint density at radius 2 is 2.14 bits per heavy atom. The van der Waals surface area contributed by atoms with Gasteiger partial charge in [-0.1, -0.05) is 17.7 Å². The van der Waals surface area contributed by atoms with E-state index in [9.17, 15) is 9.18 Å². The lowest BCUT2D eigenvalue weighted by molar-refractivity contribution is 0.0775. The Hall–Kier alpha value is -2.01. The maximum atomic E-state index is 13.6. The second-order valence-corrected chi connectivity index (χ2v) is 5.22. The monoisotopic (exact) mass is 310 g/mol. The Labute approximate surface area is 127 Å². The van der Waals surface area contributed by atoms with Gasteiger partial charge in [-0.2, -0.15) is 0 Å². The van der Waals surface area contributed by atoms with Crippen LogP contribution >= 0.6 is 11.6 Å². The average molecular weight is 311 g/mol. The van der Waals surface area contributed by atoms with E-state index in [-0.39, 0.29) is 11.7 Å². The molecule has 4 nitrogen and oxygen atoms in total. The summed E-state index contributed by atoms with van der Waals surface area (Å²) in [7, 11) is 4.82. The SMILES string of the molecule is COc1ccc(CN(C)C(=O)c2cc(Cl)cn2C)cc1F. The van der Waals surface area contributed by atoms with Crippen molar-refractivity contribution in [2.75, 3.05) is 14.2 Å². The van der Waals surface area contributed by atoms with Gasteiger partial charge in [0.2, 0.25) is 0 Å². The summed E-state index contributed by atoms with van der Waals surface area (Å²) in [5.41, 5.74) is 1.17. The van der Waals surface area contributed by atoms with E-state index in [0.717, 1.165) is 0 Å². The second-order valence-electron chi connectivity index (χ2n) is 4.78. The lowest BCUT2D eigenvalue weighted by Crippen LogP contribution is -2.27. The molecule has 0 bridgehead atoms. The second kappa shape index (κ2) is 6.18. The summed E-state index contributed by atoms with van der Waals surface area (Å²) < 4.78 is 20.2. The summed E-state index contributed by atoms with van der Waals surface area (Å²) in [6.45, 7) is 0.294. The highest BCUT2D eigenvalue weighted by atomic mass is 35.5. The number of hydrogen-bond acceptors (Lipinski definition) is 2. The molecule has 0 spiro atoms. The van der Waals surface area contributed by atoms with Crippen molar-refractivity contribution in [1.29, 1.82) is 0 Å². The molecule has 0 fully saturated rings. The summed E-state index contributed by atoms with van der Waals surface area (Å²) in [4.78, 5) is 13.8. The smallest absolute Gasteiger partial charge is 0.270 e. The van der Waals surface area contributed by atoms with Crippen LogP contribution in [0.5, 0.6) is 5.75 Å². The molecule has 1 amide bonds. The number of aromatic nitrogens is 1. The number of nitrogens with zero attached hydrogens (tertiary/aromatic N) is 2. The average Bonchev–Trinajstić information content (AvgIpc) is 2.77. The highest BCUT2D eigenvalue weighted by Gasteiger charge is 2.16. The van der Waals surface area contributed by atoms with Crippen LogP contribution in [-0.2, 0) is 13.6 Å². The zero-order valence-corrected chi connectivity index (χ0v) is 12.8. The fourth-order valence-electron chi connectivity index (χ4n) is 2.09. The Bertz CT molecular complexity index is 670. The van der Waals surface area contributed by atoms with Crippen LogP contribution in [0.25, 0.3) is 0 Å². The van der Waals surface area contributed by atoms with Crippen LogP contribution in [-0.4, -0.2) is 29.5 Å². The molecular weight excluding hydrogens is 295 g/mol. The van der Waals surface area contributed by atoms with Gasteiger partial charge >= 0.3 is 0 Å². The van der Waals surface area contributed by atoms with Crippen molar-refractivity contribution in [2.45, 2.75) is 6.54 Å². The van der Waals surface area contributed by atoms with Crippen LogP contribution < -0.4 is 4.74 Å². The number of rotatable bonds is 4. The molecule has 0 saturated carbocycles. The van der Waals surface area contributed by atoms with E-state index in [2.05, 4.69) is 0 Å². The molecule has 2 rings (SSSR count). The van der Waals surface area contributed by atoms with Crippen molar-refractivity contribution in [3.8, 4) is 5.75 Å². The van der Waals surface area contributed by atoms with Crippen LogP contribution in [0.2, 0.25) is 5.02 Å². The molecular formula is C15H16ClFN2O2. The largest absolute Gasteiger partial charge is 0.494 e. The molecule has 0 aliphatic carbocycles. The number of carbonyl (C=O) groups excluding carboxylic acids is 1. The van der Waals surface area contributed by atoms with Gasteiger partial charge in [-0.3, -0.25) is 4.79 Å². The Morgan fingerprint density at radius 3 is 2.67 bits per heavy atom. The molecule has 1 heterocycles. The van der Waals surface area contributed by atoms with Crippen molar-refractivity contribution in [1.82, 2.24) is 9.47 Å². The molecule has 0 N–H and O–H groups in total. The third-order valence-corrected chi connectivity index (χ3v) is 3.38. The van der Waals surface area contributed by atoms with E-state index in [4.69, 9.17) is 16.3 Å². The summed E-state index contributed by atoms with van der Waals surface area (Å²) in [5, 5.41) is 0.504. The predicted octanol–water partition coefficient (Wildman–Crippen LogP) is 3.10. The minimum atomic E-state index is -0.447. The Balaban J connectivity index is 2.14. The van der Waals surface area contributed by atoms with Gasteiger partial charge in [0, 0.05) is 26.8 Å². The standard InChI is InChI=1S/C15H16ClFN2O2/c1-18-9-11(16)7-13(18)15(20)19(2)8-10-4-5-14(21-3)12(17)6-10/h4-7,9H,8H2,1-3H3. The summed E-state index contributed by atoms with van der Waals surface area (Å²) in [6.07, 6.45) is 1.66. The molecule has 0 aliphatic rings. The molecule has 1 aromatic carbocycles. The van der Waals surface area contributed by atoms with Gasteiger partial charge in [0.05, 0.1) is 12.1 Å². The van der Waals surface area contributed by atoms with Crippen molar-refractivity contribution < 1.29 is 13.9 Å². The van der Waals surface area contributed by atoms with E-state index in [1.54, 1.807) is 43.1 Å². The Morgan fingerprint density at radius 1 is 1.43 bits per heavy atom. The number of aryl methyl sites for hydroxylation is 1. The molecule has 1 aromatic heterocycles. The van der Waals surface area contributed by atoms with Crippen LogP contribution in [0.15, 0.2) is 30.5 Å². The summed E-state index contributed by atoms with van der Waals surface area (Å²) in [6, 6.07) is 6.24. The molecule has 0 atom stereocenters. The maximum absolute atomic E-state index is 13.6. The predicted molar refractivity (Wildman–Crippen MR) is 79.2 cm³/mol. The maximum Gasteiger partial charge on any atom is 0.270 e. The highest BCUT2D eigenvalue weighted by Crippen LogP contribution is 2.19. The van der Waals surface area contributed by atoms with Crippen LogP contribution in [0.4, 0.5) is 4.39 Å². The summed E-state index contributed by atoms with van der Waals surface area (Å²) in [5.74, 6) is -0.444. The zero-order chi connectivity index (χ0) is 15.6. The third-order valence-electron chi connectivity index (χ3n) is 3.17. The van der Waals surface area contributed by atoms with Gasteiger partial charge in [0.25, 0.3) is 5.91 Å². The quantitative estimate of drug-likeness (QED) is 0.869. The molecule has 0 saturated heterocycles. The van der Waals surface area contributed by atoms with Gasteiger partial charge in [-0.05, 0) is 23.8 Å². The van der Waals surface area contributed by atoms with E-state index >= 15 is 0 Å². The van der Waals surface area contributed by atoms with Crippen molar-refractivity contribution in [3.05, 3.63) is 52.6 Å². The molecule has 2 aromatic rings. The van der Waals surface area contributed by atoms with Crippen molar-refractivity contribution >= 4 is 17.5 Å². The molecule has 0 aliphatic heterocycles. The van der Waals surface area contributed by atoms with E-state index in [1.807, 2.05) is 0 Å². The topological polar surface area (TPSA) is 34.5 Å². The number of ether oxygens (including phenoxy) is 1. The number of carbonyl (C=O) groups is 1. The third kappa shape index (κ3) is 3.36.